The summed E-state index contributed by atoms with van der Waals surface area (Å²) in [5.74, 6) is 0.0367. The largest absolute Gasteiger partial charge is 0.454 e. The van der Waals surface area contributed by atoms with Crippen molar-refractivity contribution in [2.45, 2.75) is 31.1 Å². The average Bonchev–Trinajstić information content (AvgIpc) is 4.02. The van der Waals surface area contributed by atoms with Crippen molar-refractivity contribution >= 4 is 60.8 Å². The fraction of sp³-hybridized carbons (Fsp3) is 0.0769. The van der Waals surface area contributed by atoms with Crippen LogP contribution in [0, 0.1) is 0 Å². The van der Waals surface area contributed by atoms with Gasteiger partial charge in [-0.3, -0.25) is 0 Å². The van der Waals surface area contributed by atoms with Crippen molar-refractivity contribution in [3.63, 3.8) is 0 Å². The van der Waals surface area contributed by atoms with Crippen LogP contribution in [0.2, 0.25) is 0 Å². The van der Waals surface area contributed by atoms with Gasteiger partial charge in [0.15, 0.2) is 5.58 Å². The first-order chi connectivity index (χ1) is 33.5. The SMILES string of the molecule is CC1(C)c2ccccc2-c2ccc(N(c3ccc(-c4ccc5c6ccccc6n(-c6ccccc6)c5c4)c4c3C3c5ccccc5C4c4ccccc43)c3cccc4c3oc3ccccc34)cc21. The van der Waals surface area contributed by atoms with Gasteiger partial charge in [0.05, 0.1) is 22.4 Å². The molecule has 0 fully saturated rings. The lowest BCUT2D eigenvalue weighted by Crippen LogP contribution is -2.30. The van der Waals surface area contributed by atoms with E-state index in [-0.39, 0.29) is 17.3 Å². The summed E-state index contributed by atoms with van der Waals surface area (Å²) in [5.41, 5.74) is 24.6. The van der Waals surface area contributed by atoms with Gasteiger partial charge in [-0.2, -0.15) is 0 Å². The number of rotatable bonds is 5. The minimum Gasteiger partial charge on any atom is -0.454 e. The van der Waals surface area contributed by atoms with Crippen LogP contribution in [-0.2, 0) is 5.41 Å². The van der Waals surface area contributed by atoms with E-state index < -0.39 is 0 Å². The van der Waals surface area contributed by atoms with Crippen LogP contribution in [0.4, 0.5) is 17.1 Å². The molecule has 0 radical (unpaired) electrons. The molecule has 0 amide bonds. The van der Waals surface area contributed by atoms with Crippen LogP contribution < -0.4 is 4.90 Å². The molecule has 12 aromatic rings. The molecule has 16 rings (SSSR count). The number of benzene rings is 10. The second-order valence-corrected chi connectivity index (χ2v) is 19.5. The Labute approximate surface area is 394 Å². The molecule has 0 spiro atoms. The highest BCUT2D eigenvalue weighted by Crippen LogP contribution is 2.62. The molecule has 0 unspecified atom stereocenters. The molecule has 2 heterocycles. The number of fused-ring (bicyclic) bond motifs is 9. The molecular weight excluding hydrogens is 825 g/mol. The number of hydrogen-bond donors (Lipinski definition) is 0. The Morgan fingerprint density at radius 2 is 1.04 bits per heavy atom. The second-order valence-electron chi connectivity index (χ2n) is 19.5. The molecule has 10 aromatic carbocycles. The van der Waals surface area contributed by atoms with Crippen LogP contribution in [0.1, 0.15) is 70.2 Å². The minimum absolute atomic E-state index is 0.00403. The van der Waals surface area contributed by atoms with Crippen LogP contribution in [0.25, 0.3) is 71.7 Å². The lowest BCUT2D eigenvalue weighted by molar-refractivity contribution is 0.660. The Balaban J connectivity index is 1.05. The topological polar surface area (TPSA) is 21.3 Å². The first kappa shape index (κ1) is 37.8. The lowest BCUT2D eigenvalue weighted by atomic mass is 9.59. The molecule has 0 saturated carbocycles. The van der Waals surface area contributed by atoms with E-state index in [4.69, 9.17) is 4.42 Å². The number of para-hydroxylation sites is 4. The molecule has 2 bridgehead atoms. The summed E-state index contributed by atoms with van der Waals surface area (Å²) in [6.07, 6.45) is 0. The Morgan fingerprint density at radius 3 is 1.84 bits per heavy atom. The van der Waals surface area contributed by atoms with Gasteiger partial charge in [-0.25, -0.2) is 0 Å². The van der Waals surface area contributed by atoms with Crippen molar-refractivity contribution < 1.29 is 4.42 Å². The third-order valence-electron chi connectivity index (χ3n) is 15.8. The summed E-state index contributed by atoms with van der Waals surface area (Å²) >= 11 is 0. The van der Waals surface area contributed by atoms with Crippen molar-refractivity contribution in [1.82, 2.24) is 4.57 Å². The van der Waals surface area contributed by atoms with Gasteiger partial charge < -0.3 is 13.9 Å². The summed E-state index contributed by atoms with van der Waals surface area (Å²) in [5, 5.41) is 4.75. The highest BCUT2D eigenvalue weighted by Gasteiger charge is 2.45. The van der Waals surface area contributed by atoms with E-state index in [1.54, 1.807) is 0 Å². The Morgan fingerprint density at radius 1 is 0.426 bits per heavy atom. The Bertz CT molecular complexity index is 4040. The quantitative estimate of drug-likeness (QED) is 0.172. The highest BCUT2D eigenvalue weighted by atomic mass is 16.3. The molecule has 2 aromatic heterocycles. The van der Waals surface area contributed by atoms with E-state index in [2.05, 4.69) is 242 Å². The predicted molar refractivity (Wildman–Crippen MR) is 281 cm³/mol. The summed E-state index contributed by atoms with van der Waals surface area (Å²) in [6, 6.07) is 81.4. The standard InChI is InChI=1S/C65H44N2O/c1-65(2)53-27-13-10-19-43(53)44-34-32-41(38-54(44)65)67(57-29-16-26-52-47-21-12-15-30-59(47)68-64(52)57)56-36-35-42(62-60-48-22-6-8-24-50(48)61(63(56)62)51-25-9-7-23-49(51)60)39-31-33-46-45-20-11-14-28-55(45)66(58(46)37-39)40-17-4-3-5-18-40/h3-38,60-61H,1-2H3. The van der Waals surface area contributed by atoms with Gasteiger partial charge in [0.2, 0.25) is 0 Å². The summed E-state index contributed by atoms with van der Waals surface area (Å²) in [4.78, 5) is 2.54. The Kier molecular flexibility index (Phi) is 7.68. The number of furan rings is 1. The molecule has 4 aliphatic rings. The minimum atomic E-state index is -0.180. The van der Waals surface area contributed by atoms with Gasteiger partial charge in [-0.15, -0.1) is 0 Å². The highest BCUT2D eigenvalue weighted by molar-refractivity contribution is 6.12. The summed E-state index contributed by atoms with van der Waals surface area (Å²) in [6.45, 7) is 4.76. The number of nitrogens with zero attached hydrogens (tertiary/aromatic N) is 2. The smallest absolute Gasteiger partial charge is 0.159 e. The molecular formula is C65H44N2O. The molecule has 0 saturated heterocycles. The van der Waals surface area contributed by atoms with Gasteiger partial charge in [0.1, 0.15) is 5.58 Å². The molecule has 3 nitrogen and oxygen atoms in total. The number of anilines is 3. The van der Waals surface area contributed by atoms with Gasteiger partial charge in [-0.05, 0) is 121 Å². The van der Waals surface area contributed by atoms with Gasteiger partial charge >= 0.3 is 0 Å². The maximum absolute atomic E-state index is 6.97. The molecule has 3 heteroatoms. The van der Waals surface area contributed by atoms with Crippen LogP contribution in [-0.4, -0.2) is 4.57 Å². The first-order valence-corrected chi connectivity index (χ1v) is 23.9. The zero-order valence-electron chi connectivity index (χ0n) is 37.7. The molecule has 68 heavy (non-hydrogen) atoms. The maximum atomic E-state index is 6.97. The third-order valence-corrected chi connectivity index (χ3v) is 15.8. The van der Waals surface area contributed by atoms with E-state index in [0.717, 1.165) is 39.0 Å². The zero-order valence-corrected chi connectivity index (χ0v) is 37.7. The van der Waals surface area contributed by atoms with Crippen molar-refractivity contribution in [3.05, 3.63) is 263 Å². The van der Waals surface area contributed by atoms with E-state index >= 15 is 0 Å². The second kappa shape index (κ2) is 13.8. The third kappa shape index (κ3) is 5.03. The number of aromatic nitrogens is 1. The maximum Gasteiger partial charge on any atom is 0.159 e. The fourth-order valence-corrected chi connectivity index (χ4v) is 12.9. The molecule has 0 N–H and O–H groups in total. The van der Waals surface area contributed by atoms with E-state index in [0.29, 0.717) is 0 Å². The van der Waals surface area contributed by atoms with Crippen LogP contribution in [0.15, 0.2) is 223 Å². The summed E-state index contributed by atoms with van der Waals surface area (Å²) < 4.78 is 9.41. The van der Waals surface area contributed by atoms with Crippen LogP contribution >= 0.6 is 0 Å². The van der Waals surface area contributed by atoms with E-state index in [1.807, 2.05) is 0 Å². The van der Waals surface area contributed by atoms with Crippen molar-refractivity contribution in [2.75, 3.05) is 4.90 Å². The zero-order chi connectivity index (χ0) is 44.8. The predicted octanol–water partition coefficient (Wildman–Crippen LogP) is 17.1. The molecule has 0 atom stereocenters. The van der Waals surface area contributed by atoms with Crippen molar-refractivity contribution in [3.8, 4) is 27.9 Å². The fourth-order valence-electron chi connectivity index (χ4n) is 12.9. The van der Waals surface area contributed by atoms with Crippen LogP contribution in [0.3, 0.4) is 0 Å². The Hall–Kier alpha value is -8.40. The van der Waals surface area contributed by atoms with Crippen LogP contribution in [0.5, 0.6) is 0 Å². The monoisotopic (exact) mass is 868 g/mol. The number of hydrogen-bond acceptors (Lipinski definition) is 2. The first-order valence-electron chi connectivity index (χ1n) is 23.9. The van der Waals surface area contributed by atoms with Gasteiger partial charge in [-0.1, -0.05) is 178 Å². The van der Waals surface area contributed by atoms with Gasteiger partial charge in [0.25, 0.3) is 0 Å². The summed E-state index contributed by atoms with van der Waals surface area (Å²) in [7, 11) is 0. The lowest BCUT2D eigenvalue weighted by Gasteiger charge is -2.45. The van der Waals surface area contributed by atoms with Crippen molar-refractivity contribution in [2.24, 2.45) is 0 Å². The molecule has 0 aliphatic heterocycles. The normalized spacial score (nSPS) is 15.9. The van der Waals surface area contributed by atoms with E-state index in [1.165, 1.54) is 94.3 Å². The van der Waals surface area contributed by atoms with E-state index in [9.17, 15) is 0 Å². The van der Waals surface area contributed by atoms with Gasteiger partial charge in [0, 0.05) is 50.2 Å². The molecule has 4 aliphatic carbocycles. The van der Waals surface area contributed by atoms with Crippen molar-refractivity contribution in [1.29, 1.82) is 0 Å². The molecule has 320 valence electrons. The average molecular weight is 869 g/mol.